The smallest absolute Gasteiger partial charge is 0.241 e. The zero-order valence-electron chi connectivity index (χ0n) is 9.60. The molecule has 0 bridgehead atoms. The van der Waals surface area contributed by atoms with Crippen LogP contribution in [-0.2, 0) is 4.79 Å². The Morgan fingerprint density at radius 3 is 2.78 bits per heavy atom. The molecule has 2 N–H and O–H groups in total. The van der Waals surface area contributed by atoms with Gasteiger partial charge in [0.1, 0.15) is 5.82 Å². The minimum absolute atomic E-state index is 0.142. The summed E-state index contributed by atoms with van der Waals surface area (Å²) in [5, 5.41) is 5.30. The Bertz CT molecular complexity index is 438. The first kappa shape index (κ1) is 13.2. The monoisotopic (exact) mass is 274 g/mol. The standard InChI is InChI=1S/C12H13ClF2N2O/c13-8-5-7(14)6-9(15)11(8)17-12(18)10-3-1-2-4-16-10/h5-6,10,16H,1-4H2,(H,17,18). The maximum absolute atomic E-state index is 13.5. The minimum Gasteiger partial charge on any atom is -0.321 e. The summed E-state index contributed by atoms with van der Waals surface area (Å²) in [6.07, 6.45) is 2.67. The SMILES string of the molecule is O=C(Nc1c(F)cc(F)cc1Cl)C1CCCCN1. The van der Waals surface area contributed by atoms with Crippen LogP contribution in [0.25, 0.3) is 0 Å². The van der Waals surface area contributed by atoms with Gasteiger partial charge in [-0.25, -0.2) is 8.78 Å². The van der Waals surface area contributed by atoms with E-state index >= 15 is 0 Å². The van der Waals surface area contributed by atoms with Crippen molar-refractivity contribution in [2.45, 2.75) is 25.3 Å². The summed E-state index contributed by atoms with van der Waals surface area (Å²) in [7, 11) is 0. The van der Waals surface area contributed by atoms with Crippen LogP contribution < -0.4 is 10.6 Å². The zero-order chi connectivity index (χ0) is 13.1. The molecule has 3 nitrogen and oxygen atoms in total. The fourth-order valence-corrected chi connectivity index (χ4v) is 2.19. The Balaban J connectivity index is 2.11. The van der Waals surface area contributed by atoms with Crippen molar-refractivity contribution in [2.75, 3.05) is 11.9 Å². The maximum Gasteiger partial charge on any atom is 0.241 e. The van der Waals surface area contributed by atoms with Crippen molar-refractivity contribution in [3.8, 4) is 0 Å². The molecule has 1 aromatic rings. The number of hydrogen-bond donors (Lipinski definition) is 2. The van der Waals surface area contributed by atoms with Gasteiger partial charge in [-0.05, 0) is 25.5 Å². The van der Waals surface area contributed by atoms with Gasteiger partial charge in [0.15, 0.2) is 5.82 Å². The number of anilines is 1. The number of rotatable bonds is 2. The Labute approximate surface area is 109 Å². The average molecular weight is 275 g/mol. The zero-order valence-corrected chi connectivity index (χ0v) is 10.4. The number of piperidine rings is 1. The first-order valence-corrected chi connectivity index (χ1v) is 6.14. The van der Waals surface area contributed by atoms with Crippen LogP contribution in [0.15, 0.2) is 12.1 Å². The highest BCUT2D eigenvalue weighted by Gasteiger charge is 2.22. The van der Waals surface area contributed by atoms with Crippen molar-refractivity contribution < 1.29 is 13.6 Å². The molecule has 1 amide bonds. The van der Waals surface area contributed by atoms with Crippen LogP contribution in [0, 0.1) is 11.6 Å². The maximum atomic E-state index is 13.5. The second-order valence-electron chi connectivity index (χ2n) is 4.24. The fourth-order valence-electron chi connectivity index (χ4n) is 1.95. The number of amides is 1. The summed E-state index contributed by atoms with van der Waals surface area (Å²) in [4.78, 5) is 11.9. The lowest BCUT2D eigenvalue weighted by Crippen LogP contribution is -2.43. The number of hydrogen-bond acceptors (Lipinski definition) is 2. The lowest BCUT2D eigenvalue weighted by molar-refractivity contribution is -0.118. The third-order valence-corrected chi connectivity index (χ3v) is 3.18. The summed E-state index contributed by atoms with van der Waals surface area (Å²) < 4.78 is 26.3. The summed E-state index contributed by atoms with van der Waals surface area (Å²) in [6.45, 7) is 0.762. The van der Waals surface area contributed by atoms with Crippen molar-refractivity contribution in [1.29, 1.82) is 0 Å². The van der Waals surface area contributed by atoms with Gasteiger partial charge in [-0.3, -0.25) is 4.79 Å². The van der Waals surface area contributed by atoms with E-state index in [1.54, 1.807) is 0 Å². The third kappa shape index (κ3) is 2.97. The van der Waals surface area contributed by atoms with Gasteiger partial charge in [-0.2, -0.15) is 0 Å². The third-order valence-electron chi connectivity index (χ3n) is 2.88. The Morgan fingerprint density at radius 2 is 2.17 bits per heavy atom. The lowest BCUT2D eigenvalue weighted by Gasteiger charge is -2.22. The molecule has 1 heterocycles. The highest BCUT2D eigenvalue weighted by Crippen LogP contribution is 2.26. The molecule has 1 aliphatic rings. The fraction of sp³-hybridized carbons (Fsp3) is 0.417. The molecule has 1 aromatic carbocycles. The van der Waals surface area contributed by atoms with Gasteiger partial charge in [-0.15, -0.1) is 0 Å². The van der Waals surface area contributed by atoms with E-state index in [9.17, 15) is 13.6 Å². The Morgan fingerprint density at radius 1 is 1.39 bits per heavy atom. The quantitative estimate of drug-likeness (QED) is 0.871. The van der Waals surface area contributed by atoms with E-state index in [0.717, 1.165) is 25.5 Å². The van der Waals surface area contributed by atoms with E-state index in [0.29, 0.717) is 12.5 Å². The molecule has 1 atom stereocenters. The Kier molecular flexibility index (Phi) is 4.14. The van der Waals surface area contributed by atoms with Gasteiger partial charge in [0.2, 0.25) is 5.91 Å². The summed E-state index contributed by atoms with van der Waals surface area (Å²) in [6, 6.07) is 1.31. The topological polar surface area (TPSA) is 41.1 Å². The molecular formula is C12H13ClF2N2O. The van der Waals surface area contributed by atoms with E-state index < -0.39 is 11.6 Å². The molecule has 2 rings (SSSR count). The average Bonchev–Trinajstić information content (AvgIpc) is 2.34. The van der Waals surface area contributed by atoms with Crippen molar-refractivity contribution >= 4 is 23.2 Å². The summed E-state index contributed by atoms with van der Waals surface area (Å²) in [5.74, 6) is -1.99. The van der Waals surface area contributed by atoms with E-state index in [1.807, 2.05) is 0 Å². The van der Waals surface area contributed by atoms with Crippen LogP contribution in [0.5, 0.6) is 0 Å². The van der Waals surface area contributed by atoms with E-state index in [-0.39, 0.29) is 22.7 Å². The molecule has 1 aliphatic heterocycles. The van der Waals surface area contributed by atoms with E-state index in [1.165, 1.54) is 0 Å². The van der Waals surface area contributed by atoms with Gasteiger partial charge in [0.05, 0.1) is 16.8 Å². The van der Waals surface area contributed by atoms with Crippen LogP contribution in [-0.4, -0.2) is 18.5 Å². The first-order chi connectivity index (χ1) is 8.58. The van der Waals surface area contributed by atoms with Crippen LogP contribution in [0.3, 0.4) is 0 Å². The first-order valence-electron chi connectivity index (χ1n) is 5.76. The molecule has 0 aliphatic carbocycles. The second-order valence-corrected chi connectivity index (χ2v) is 4.64. The van der Waals surface area contributed by atoms with Gasteiger partial charge < -0.3 is 10.6 Å². The highest BCUT2D eigenvalue weighted by atomic mass is 35.5. The van der Waals surface area contributed by atoms with Gasteiger partial charge in [0, 0.05) is 6.07 Å². The molecule has 0 spiro atoms. The predicted octanol–water partition coefficient (Wildman–Crippen LogP) is 2.70. The van der Waals surface area contributed by atoms with Crippen molar-refractivity contribution in [3.05, 3.63) is 28.8 Å². The molecule has 0 saturated carbocycles. The van der Waals surface area contributed by atoms with Crippen LogP contribution in [0.4, 0.5) is 14.5 Å². The van der Waals surface area contributed by atoms with Gasteiger partial charge in [-0.1, -0.05) is 18.0 Å². The number of halogens is 3. The number of carbonyl (C=O) groups excluding carboxylic acids is 1. The normalized spacial score (nSPS) is 19.6. The highest BCUT2D eigenvalue weighted by molar-refractivity contribution is 6.33. The van der Waals surface area contributed by atoms with Crippen LogP contribution in [0.2, 0.25) is 5.02 Å². The Hall–Kier alpha value is -1.20. The van der Waals surface area contributed by atoms with Crippen LogP contribution >= 0.6 is 11.6 Å². The molecule has 1 fully saturated rings. The molecule has 1 saturated heterocycles. The van der Waals surface area contributed by atoms with Crippen molar-refractivity contribution in [2.24, 2.45) is 0 Å². The number of benzene rings is 1. The van der Waals surface area contributed by atoms with E-state index in [2.05, 4.69) is 10.6 Å². The summed E-state index contributed by atoms with van der Waals surface area (Å²) in [5.41, 5.74) is -0.171. The predicted molar refractivity (Wildman–Crippen MR) is 65.6 cm³/mol. The van der Waals surface area contributed by atoms with Gasteiger partial charge in [0.25, 0.3) is 0 Å². The molecule has 1 unspecified atom stereocenters. The molecule has 18 heavy (non-hydrogen) atoms. The van der Waals surface area contributed by atoms with Crippen LogP contribution in [0.1, 0.15) is 19.3 Å². The second kappa shape index (κ2) is 5.63. The van der Waals surface area contributed by atoms with E-state index in [4.69, 9.17) is 11.6 Å². The molecule has 0 aromatic heterocycles. The minimum atomic E-state index is -0.871. The molecule has 0 radical (unpaired) electrons. The van der Waals surface area contributed by atoms with Crippen molar-refractivity contribution in [3.63, 3.8) is 0 Å². The molecule has 98 valence electrons. The summed E-state index contributed by atoms with van der Waals surface area (Å²) >= 11 is 5.70. The number of carbonyl (C=O) groups is 1. The lowest BCUT2D eigenvalue weighted by atomic mass is 10.0. The largest absolute Gasteiger partial charge is 0.321 e. The number of nitrogens with one attached hydrogen (secondary N) is 2. The molecule has 6 heteroatoms. The van der Waals surface area contributed by atoms with Crippen molar-refractivity contribution in [1.82, 2.24) is 5.32 Å². The molecular weight excluding hydrogens is 262 g/mol. The van der Waals surface area contributed by atoms with Gasteiger partial charge >= 0.3 is 0 Å².